The smallest absolute Gasteiger partial charge is 0.115 e. The van der Waals surface area contributed by atoms with Gasteiger partial charge in [0.15, 0.2) is 0 Å². The highest BCUT2D eigenvalue weighted by Gasteiger charge is 2.14. The molecule has 0 radical (unpaired) electrons. The van der Waals surface area contributed by atoms with E-state index in [1.807, 2.05) is 12.1 Å². The number of aromatic hydroxyl groups is 1. The Morgan fingerprint density at radius 2 is 1.78 bits per heavy atom. The first-order valence-electron chi connectivity index (χ1n) is 6.93. The molecule has 0 heterocycles. The van der Waals surface area contributed by atoms with Gasteiger partial charge in [0.05, 0.1) is 0 Å². The average molecular weight is 249 g/mol. The van der Waals surface area contributed by atoms with Gasteiger partial charge in [0, 0.05) is 5.54 Å². The van der Waals surface area contributed by atoms with Crippen molar-refractivity contribution in [3.05, 3.63) is 29.8 Å². The molecule has 1 rings (SSSR count). The van der Waals surface area contributed by atoms with Crippen LogP contribution in [0.5, 0.6) is 5.75 Å². The van der Waals surface area contributed by atoms with Crippen molar-refractivity contribution < 1.29 is 5.11 Å². The monoisotopic (exact) mass is 249 g/mol. The van der Waals surface area contributed by atoms with Crippen molar-refractivity contribution in [3.63, 3.8) is 0 Å². The number of hydrogen-bond acceptors (Lipinski definition) is 2. The van der Waals surface area contributed by atoms with Crippen LogP contribution in [0.15, 0.2) is 24.3 Å². The van der Waals surface area contributed by atoms with E-state index in [0.29, 0.717) is 11.7 Å². The van der Waals surface area contributed by atoms with Crippen molar-refractivity contribution in [1.29, 1.82) is 0 Å². The molecule has 2 nitrogen and oxygen atoms in total. The first kappa shape index (κ1) is 15.0. The Bertz CT molecular complexity index is 337. The molecule has 102 valence electrons. The Hall–Kier alpha value is -1.02. The summed E-state index contributed by atoms with van der Waals surface area (Å²) in [6, 6.07) is 7.59. The zero-order valence-corrected chi connectivity index (χ0v) is 12.2. The van der Waals surface area contributed by atoms with Crippen LogP contribution in [0, 0.1) is 5.92 Å². The van der Waals surface area contributed by atoms with Gasteiger partial charge in [-0.1, -0.05) is 25.5 Å². The number of phenols is 1. The van der Waals surface area contributed by atoms with Crippen LogP contribution < -0.4 is 5.32 Å². The van der Waals surface area contributed by atoms with Crippen molar-refractivity contribution in [1.82, 2.24) is 5.32 Å². The lowest BCUT2D eigenvalue weighted by atomic mass is 9.94. The highest BCUT2D eigenvalue weighted by Crippen LogP contribution is 2.17. The zero-order valence-electron chi connectivity index (χ0n) is 12.2. The van der Waals surface area contributed by atoms with E-state index in [2.05, 4.69) is 33.0 Å². The number of hydrogen-bond donors (Lipinski definition) is 2. The van der Waals surface area contributed by atoms with Crippen molar-refractivity contribution in [2.24, 2.45) is 5.92 Å². The number of nitrogens with one attached hydrogen (secondary N) is 1. The molecule has 0 aliphatic rings. The second-order valence-corrected chi connectivity index (χ2v) is 6.16. The highest BCUT2D eigenvalue weighted by atomic mass is 16.3. The Balaban J connectivity index is 2.54. The lowest BCUT2D eigenvalue weighted by Crippen LogP contribution is -2.39. The van der Waals surface area contributed by atoms with E-state index in [1.165, 1.54) is 18.4 Å². The molecule has 0 bridgehead atoms. The minimum atomic E-state index is 0.181. The van der Waals surface area contributed by atoms with E-state index >= 15 is 0 Å². The standard InChI is InChI=1S/C16H27NO/c1-5-6-14(12-17-16(2,3)4)11-13-7-9-15(18)10-8-13/h7-10,14,17-18H,5-6,11-12H2,1-4H3. The maximum absolute atomic E-state index is 9.29. The summed E-state index contributed by atoms with van der Waals surface area (Å²) in [4.78, 5) is 0. The van der Waals surface area contributed by atoms with Gasteiger partial charge in [-0.25, -0.2) is 0 Å². The molecular formula is C16H27NO. The van der Waals surface area contributed by atoms with Crippen LogP contribution in [-0.2, 0) is 6.42 Å². The summed E-state index contributed by atoms with van der Waals surface area (Å²) in [6.07, 6.45) is 3.54. The maximum atomic E-state index is 9.29. The molecule has 1 aromatic rings. The maximum Gasteiger partial charge on any atom is 0.115 e. The van der Waals surface area contributed by atoms with Crippen molar-refractivity contribution in [2.45, 2.75) is 52.5 Å². The van der Waals surface area contributed by atoms with E-state index < -0.39 is 0 Å². The van der Waals surface area contributed by atoms with Crippen molar-refractivity contribution in [2.75, 3.05) is 6.54 Å². The van der Waals surface area contributed by atoms with Gasteiger partial charge < -0.3 is 10.4 Å². The van der Waals surface area contributed by atoms with Crippen LogP contribution in [0.3, 0.4) is 0 Å². The number of benzene rings is 1. The van der Waals surface area contributed by atoms with E-state index in [9.17, 15) is 5.11 Å². The number of rotatable bonds is 6. The summed E-state index contributed by atoms with van der Waals surface area (Å²) < 4.78 is 0. The predicted octanol–water partition coefficient (Wildman–Crippen LogP) is 3.74. The van der Waals surface area contributed by atoms with Crippen molar-refractivity contribution >= 4 is 0 Å². The first-order chi connectivity index (χ1) is 8.40. The molecule has 0 spiro atoms. The Labute approximate surface area is 111 Å². The Morgan fingerprint density at radius 3 is 2.28 bits per heavy atom. The van der Waals surface area contributed by atoms with E-state index in [4.69, 9.17) is 0 Å². The molecule has 1 unspecified atom stereocenters. The minimum absolute atomic E-state index is 0.181. The molecule has 0 amide bonds. The van der Waals surface area contributed by atoms with Crippen LogP contribution >= 0.6 is 0 Å². The summed E-state index contributed by atoms with van der Waals surface area (Å²) >= 11 is 0. The van der Waals surface area contributed by atoms with Crippen LogP contribution in [0.1, 0.15) is 46.1 Å². The Kier molecular flexibility index (Phi) is 5.67. The first-order valence-corrected chi connectivity index (χ1v) is 6.93. The molecule has 0 saturated carbocycles. The lowest BCUT2D eigenvalue weighted by Gasteiger charge is -2.25. The third-order valence-electron chi connectivity index (χ3n) is 3.08. The molecule has 0 aliphatic carbocycles. The number of phenolic OH excluding ortho intramolecular Hbond substituents is 1. The third kappa shape index (κ3) is 6.06. The highest BCUT2D eigenvalue weighted by molar-refractivity contribution is 5.26. The van der Waals surface area contributed by atoms with Crippen molar-refractivity contribution in [3.8, 4) is 5.75 Å². The van der Waals surface area contributed by atoms with Gasteiger partial charge in [0.25, 0.3) is 0 Å². The third-order valence-corrected chi connectivity index (χ3v) is 3.08. The normalized spacial score (nSPS) is 13.6. The SMILES string of the molecule is CCCC(CNC(C)(C)C)Cc1ccc(O)cc1. The Morgan fingerprint density at radius 1 is 1.17 bits per heavy atom. The predicted molar refractivity (Wildman–Crippen MR) is 78.0 cm³/mol. The van der Waals surface area contributed by atoms with Gasteiger partial charge in [-0.2, -0.15) is 0 Å². The molecule has 1 aromatic carbocycles. The lowest BCUT2D eigenvalue weighted by molar-refractivity contribution is 0.355. The second-order valence-electron chi connectivity index (χ2n) is 6.16. The van der Waals surface area contributed by atoms with Gasteiger partial charge in [0.1, 0.15) is 5.75 Å². The molecule has 18 heavy (non-hydrogen) atoms. The van der Waals surface area contributed by atoms with E-state index in [0.717, 1.165) is 13.0 Å². The molecule has 0 fully saturated rings. The van der Waals surface area contributed by atoms with Crippen LogP contribution in [0.4, 0.5) is 0 Å². The fraction of sp³-hybridized carbons (Fsp3) is 0.625. The van der Waals surface area contributed by atoms with Crippen LogP contribution in [0.2, 0.25) is 0 Å². The van der Waals surface area contributed by atoms with E-state index in [1.54, 1.807) is 12.1 Å². The van der Waals surface area contributed by atoms with Crippen LogP contribution in [-0.4, -0.2) is 17.2 Å². The molecule has 2 heteroatoms. The molecule has 0 aromatic heterocycles. The summed E-state index contributed by atoms with van der Waals surface area (Å²) in [5.74, 6) is 1.01. The molecular weight excluding hydrogens is 222 g/mol. The molecule has 2 N–H and O–H groups in total. The summed E-state index contributed by atoms with van der Waals surface area (Å²) in [7, 11) is 0. The topological polar surface area (TPSA) is 32.3 Å². The second kappa shape index (κ2) is 6.79. The van der Waals surface area contributed by atoms with Crippen LogP contribution in [0.25, 0.3) is 0 Å². The quantitative estimate of drug-likeness (QED) is 0.805. The fourth-order valence-electron chi connectivity index (χ4n) is 2.10. The summed E-state index contributed by atoms with van der Waals surface area (Å²) in [5.41, 5.74) is 1.49. The average Bonchev–Trinajstić information content (AvgIpc) is 2.28. The largest absolute Gasteiger partial charge is 0.508 e. The van der Waals surface area contributed by atoms with Gasteiger partial charge in [-0.05, 0) is 63.8 Å². The van der Waals surface area contributed by atoms with Gasteiger partial charge >= 0.3 is 0 Å². The fourth-order valence-corrected chi connectivity index (χ4v) is 2.10. The molecule has 1 atom stereocenters. The van der Waals surface area contributed by atoms with E-state index in [-0.39, 0.29) is 5.54 Å². The zero-order chi connectivity index (χ0) is 13.6. The summed E-state index contributed by atoms with van der Waals surface area (Å²) in [5, 5.41) is 12.9. The van der Waals surface area contributed by atoms with Gasteiger partial charge in [-0.15, -0.1) is 0 Å². The molecule has 0 saturated heterocycles. The van der Waals surface area contributed by atoms with Gasteiger partial charge in [0.2, 0.25) is 0 Å². The minimum Gasteiger partial charge on any atom is -0.508 e. The molecule has 0 aliphatic heterocycles. The summed E-state index contributed by atoms with van der Waals surface area (Å²) in [6.45, 7) is 9.91. The van der Waals surface area contributed by atoms with Gasteiger partial charge in [-0.3, -0.25) is 0 Å².